The first-order chi connectivity index (χ1) is 6.93. The molecule has 1 rings (SSSR count). The maximum absolute atomic E-state index is 8.43. The van der Waals surface area contributed by atoms with E-state index in [0.29, 0.717) is 26.4 Å². The maximum Gasteiger partial charge on any atom is 0.0933 e. The van der Waals surface area contributed by atoms with E-state index >= 15 is 0 Å². The molecule has 84 valence electrons. The van der Waals surface area contributed by atoms with Crippen molar-refractivity contribution in [3.63, 3.8) is 0 Å². The van der Waals surface area contributed by atoms with Gasteiger partial charge in [0.1, 0.15) is 0 Å². The van der Waals surface area contributed by atoms with Crippen molar-refractivity contribution in [2.75, 3.05) is 52.7 Å². The molecule has 2 N–H and O–H groups in total. The van der Waals surface area contributed by atoms with Gasteiger partial charge in [-0.1, -0.05) is 0 Å². The predicted octanol–water partition coefficient (Wildman–Crippen LogP) is -1.000. The first kappa shape index (κ1) is 11.9. The Bertz CT molecular complexity index is 128. The van der Waals surface area contributed by atoms with E-state index in [4.69, 9.17) is 19.3 Å². The van der Waals surface area contributed by atoms with Crippen molar-refractivity contribution < 1.29 is 19.3 Å². The summed E-state index contributed by atoms with van der Waals surface area (Å²) in [5, 5.41) is 11.7. The Labute approximate surface area is 84.3 Å². The minimum atomic E-state index is 0.0651. The Morgan fingerprint density at radius 2 is 2.14 bits per heavy atom. The second-order valence-corrected chi connectivity index (χ2v) is 3.11. The number of hydrogen-bond acceptors (Lipinski definition) is 5. The topological polar surface area (TPSA) is 60.0 Å². The minimum absolute atomic E-state index is 0.0651. The minimum Gasteiger partial charge on any atom is -0.394 e. The lowest BCUT2D eigenvalue weighted by Gasteiger charge is -2.23. The van der Waals surface area contributed by atoms with Crippen LogP contribution in [0.4, 0.5) is 0 Å². The maximum atomic E-state index is 8.43. The van der Waals surface area contributed by atoms with E-state index in [1.165, 1.54) is 0 Å². The average molecular weight is 205 g/mol. The van der Waals surface area contributed by atoms with Gasteiger partial charge in [-0.2, -0.15) is 0 Å². The Morgan fingerprint density at radius 1 is 1.29 bits per heavy atom. The molecular formula is C9H19NO4. The van der Waals surface area contributed by atoms with Gasteiger partial charge in [0.05, 0.1) is 45.7 Å². The smallest absolute Gasteiger partial charge is 0.0933 e. The van der Waals surface area contributed by atoms with Gasteiger partial charge in [-0.25, -0.2) is 0 Å². The van der Waals surface area contributed by atoms with Crippen LogP contribution in [-0.4, -0.2) is 63.9 Å². The number of aliphatic hydroxyl groups is 1. The average Bonchev–Trinajstić information content (AvgIpc) is 2.25. The zero-order valence-electron chi connectivity index (χ0n) is 8.41. The summed E-state index contributed by atoms with van der Waals surface area (Å²) >= 11 is 0. The second kappa shape index (κ2) is 8.14. The lowest BCUT2D eigenvalue weighted by Crippen LogP contribution is -2.41. The molecule has 1 atom stereocenters. The summed E-state index contributed by atoms with van der Waals surface area (Å²) < 4.78 is 15.8. The molecule has 0 bridgehead atoms. The van der Waals surface area contributed by atoms with Gasteiger partial charge < -0.3 is 24.6 Å². The van der Waals surface area contributed by atoms with Gasteiger partial charge in [0, 0.05) is 13.1 Å². The Morgan fingerprint density at radius 3 is 2.86 bits per heavy atom. The van der Waals surface area contributed by atoms with Crippen LogP contribution >= 0.6 is 0 Å². The molecule has 0 aliphatic carbocycles. The fourth-order valence-electron chi connectivity index (χ4n) is 1.23. The van der Waals surface area contributed by atoms with E-state index in [1.54, 1.807) is 0 Å². The largest absolute Gasteiger partial charge is 0.394 e. The normalized spacial score (nSPS) is 22.5. The lowest BCUT2D eigenvalue weighted by molar-refractivity contribution is -0.0444. The number of ether oxygens (including phenoxy) is 3. The van der Waals surface area contributed by atoms with Crippen molar-refractivity contribution in [1.82, 2.24) is 5.32 Å². The highest BCUT2D eigenvalue weighted by Crippen LogP contribution is 1.96. The molecular weight excluding hydrogens is 186 g/mol. The first-order valence-corrected chi connectivity index (χ1v) is 5.02. The summed E-state index contributed by atoms with van der Waals surface area (Å²) in [6, 6.07) is 0. The number of nitrogens with one attached hydrogen (secondary N) is 1. The van der Waals surface area contributed by atoms with Crippen LogP contribution in [0, 0.1) is 0 Å². The molecule has 1 saturated heterocycles. The summed E-state index contributed by atoms with van der Waals surface area (Å²) in [4.78, 5) is 0. The van der Waals surface area contributed by atoms with E-state index in [2.05, 4.69) is 5.32 Å². The molecule has 14 heavy (non-hydrogen) atoms. The van der Waals surface area contributed by atoms with Gasteiger partial charge >= 0.3 is 0 Å². The monoisotopic (exact) mass is 205 g/mol. The highest BCUT2D eigenvalue weighted by Gasteiger charge is 2.12. The van der Waals surface area contributed by atoms with Crippen molar-refractivity contribution in [1.29, 1.82) is 0 Å². The Balaban J connectivity index is 1.82. The van der Waals surface area contributed by atoms with Gasteiger partial charge in [-0.15, -0.1) is 0 Å². The third-order valence-corrected chi connectivity index (χ3v) is 1.92. The summed E-state index contributed by atoms with van der Waals surface area (Å²) in [6.45, 7) is 4.68. The number of hydrogen-bond donors (Lipinski definition) is 2. The third-order valence-electron chi connectivity index (χ3n) is 1.92. The van der Waals surface area contributed by atoms with Crippen LogP contribution in [0.1, 0.15) is 0 Å². The van der Waals surface area contributed by atoms with Crippen molar-refractivity contribution in [2.45, 2.75) is 6.10 Å². The molecule has 0 aromatic carbocycles. The first-order valence-electron chi connectivity index (χ1n) is 5.02. The lowest BCUT2D eigenvalue weighted by atomic mass is 10.3. The van der Waals surface area contributed by atoms with Gasteiger partial charge in [-0.05, 0) is 0 Å². The van der Waals surface area contributed by atoms with Crippen LogP contribution in [0.5, 0.6) is 0 Å². The Hall–Kier alpha value is -0.200. The molecule has 0 amide bonds. The standard InChI is InChI=1S/C9H19NO4/c11-2-4-12-5-6-13-8-9-7-10-1-3-14-9/h9-11H,1-8H2. The van der Waals surface area contributed by atoms with E-state index in [-0.39, 0.29) is 12.7 Å². The van der Waals surface area contributed by atoms with Crippen LogP contribution in [0.2, 0.25) is 0 Å². The summed E-state index contributed by atoms with van der Waals surface area (Å²) in [5.74, 6) is 0. The number of morpholine rings is 1. The van der Waals surface area contributed by atoms with Crippen LogP contribution in [0.3, 0.4) is 0 Å². The highest BCUT2D eigenvalue weighted by molar-refractivity contribution is 4.65. The van der Waals surface area contributed by atoms with Crippen molar-refractivity contribution in [3.8, 4) is 0 Å². The molecule has 0 aromatic heterocycles. The van der Waals surface area contributed by atoms with Crippen molar-refractivity contribution in [3.05, 3.63) is 0 Å². The molecule has 0 aromatic rings. The highest BCUT2D eigenvalue weighted by atomic mass is 16.5. The second-order valence-electron chi connectivity index (χ2n) is 3.11. The summed E-state index contributed by atoms with van der Waals surface area (Å²) in [6.07, 6.45) is 0.168. The van der Waals surface area contributed by atoms with Crippen LogP contribution in [-0.2, 0) is 14.2 Å². The fraction of sp³-hybridized carbons (Fsp3) is 1.00. The SMILES string of the molecule is OCCOCCOCC1CNCCO1. The van der Waals surface area contributed by atoms with Crippen LogP contribution < -0.4 is 5.32 Å². The summed E-state index contributed by atoms with van der Waals surface area (Å²) in [7, 11) is 0. The molecule has 1 aliphatic rings. The number of aliphatic hydroxyl groups excluding tert-OH is 1. The van der Waals surface area contributed by atoms with Gasteiger partial charge in [0.2, 0.25) is 0 Å². The van der Waals surface area contributed by atoms with E-state index in [0.717, 1.165) is 19.7 Å². The molecule has 1 fully saturated rings. The molecule has 1 heterocycles. The third kappa shape index (κ3) is 5.51. The molecule has 1 aliphatic heterocycles. The molecule has 5 heteroatoms. The molecule has 0 spiro atoms. The molecule has 1 unspecified atom stereocenters. The predicted molar refractivity (Wildman–Crippen MR) is 51.3 cm³/mol. The number of rotatable bonds is 7. The van der Waals surface area contributed by atoms with Crippen LogP contribution in [0.15, 0.2) is 0 Å². The van der Waals surface area contributed by atoms with Gasteiger partial charge in [-0.3, -0.25) is 0 Å². The summed E-state index contributed by atoms with van der Waals surface area (Å²) in [5.41, 5.74) is 0. The van der Waals surface area contributed by atoms with Crippen molar-refractivity contribution >= 4 is 0 Å². The van der Waals surface area contributed by atoms with Crippen molar-refractivity contribution in [2.24, 2.45) is 0 Å². The quantitative estimate of drug-likeness (QED) is 0.522. The molecule has 0 saturated carbocycles. The zero-order chi connectivity index (χ0) is 10.1. The molecule has 5 nitrogen and oxygen atoms in total. The van der Waals surface area contributed by atoms with Crippen LogP contribution in [0.25, 0.3) is 0 Å². The zero-order valence-corrected chi connectivity index (χ0v) is 8.41. The van der Waals surface area contributed by atoms with Gasteiger partial charge in [0.15, 0.2) is 0 Å². The van der Waals surface area contributed by atoms with E-state index in [1.807, 2.05) is 0 Å². The van der Waals surface area contributed by atoms with E-state index in [9.17, 15) is 0 Å². The molecule has 0 radical (unpaired) electrons. The van der Waals surface area contributed by atoms with E-state index < -0.39 is 0 Å². The van der Waals surface area contributed by atoms with Gasteiger partial charge in [0.25, 0.3) is 0 Å². The Kier molecular flexibility index (Phi) is 6.90. The fourth-order valence-corrected chi connectivity index (χ4v) is 1.23.